The van der Waals surface area contributed by atoms with E-state index < -0.39 is 0 Å². The van der Waals surface area contributed by atoms with Crippen LogP contribution in [-0.4, -0.2) is 35.8 Å². The second kappa shape index (κ2) is 5.58. The van der Waals surface area contributed by atoms with Gasteiger partial charge in [-0.15, -0.1) is 0 Å². The Hall–Kier alpha value is -1.84. The van der Waals surface area contributed by atoms with Gasteiger partial charge in [-0.3, -0.25) is 9.59 Å². The van der Waals surface area contributed by atoms with Crippen LogP contribution in [0.15, 0.2) is 24.3 Å². The van der Waals surface area contributed by atoms with Gasteiger partial charge in [-0.1, -0.05) is 39.0 Å². The molecule has 1 aromatic rings. The monoisotopic (exact) mass is 340 g/mol. The van der Waals surface area contributed by atoms with E-state index in [-0.39, 0.29) is 28.7 Å². The molecule has 4 heteroatoms. The zero-order chi connectivity index (χ0) is 17.8. The number of nitrogens with zero attached hydrogens (tertiary/aromatic N) is 2. The highest BCUT2D eigenvalue weighted by atomic mass is 16.2. The van der Waals surface area contributed by atoms with Crippen LogP contribution in [-0.2, 0) is 15.0 Å². The first kappa shape index (κ1) is 16.6. The van der Waals surface area contributed by atoms with Crippen LogP contribution in [0.4, 0.5) is 5.69 Å². The molecule has 4 nitrogen and oxygen atoms in total. The third kappa shape index (κ3) is 2.86. The van der Waals surface area contributed by atoms with Crippen molar-refractivity contribution in [3.05, 3.63) is 29.8 Å². The molecule has 0 N–H and O–H groups in total. The SMILES string of the molecule is CC(C)(C)CC(=O)N1CCCC1C(=O)N1CC2(CC2)c2ccccc21. The van der Waals surface area contributed by atoms with Crippen LogP contribution in [0, 0.1) is 5.41 Å². The second-order valence-corrected chi connectivity index (χ2v) is 9.20. The Kier molecular flexibility index (Phi) is 3.71. The van der Waals surface area contributed by atoms with Gasteiger partial charge in [-0.2, -0.15) is 0 Å². The fourth-order valence-corrected chi connectivity index (χ4v) is 4.46. The summed E-state index contributed by atoms with van der Waals surface area (Å²) in [5, 5.41) is 0. The summed E-state index contributed by atoms with van der Waals surface area (Å²) >= 11 is 0. The Morgan fingerprint density at radius 3 is 2.60 bits per heavy atom. The molecular weight excluding hydrogens is 312 g/mol. The maximum Gasteiger partial charge on any atom is 0.249 e. The molecule has 1 spiro atoms. The first-order valence-corrected chi connectivity index (χ1v) is 9.51. The summed E-state index contributed by atoms with van der Waals surface area (Å²) in [6.45, 7) is 7.73. The number of carbonyl (C=O) groups excluding carboxylic acids is 2. The van der Waals surface area contributed by atoms with E-state index in [4.69, 9.17) is 0 Å². The van der Waals surface area contributed by atoms with E-state index >= 15 is 0 Å². The van der Waals surface area contributed by atoms with Crippen molar-refractivity contribution in [1.29, 1.82) is 0 Å². The van der Waals surface area contributed by atoms with Gasteiger partial charge in [0.25, 0.3) is 0 Å². The predicted octanol–water partition coefficient (Wildman–Crippen LogP) is 3.49. The molecule has 0 bridgehead atoms. The zero-order valence-electron chi connectivity index (χ0n) is 15.5. The molecule has 1 unspecified atom stereocenters. The predicted molar refractivity (Wildman–Crippen MR) is 98.5 cm³/mol. The van der Waals surface area contributed by atoms with Crippen LogP contribution in [0.3, 0.4) is 0 Å². The number of anilines is 1. The maximum atomic E-state index is 13.3. The Morgan fingerprint density at radius 2 is 1.92 bits per heavy atom. The third-order valence-corrected chi connectivity index (χ3v) is 5.89. The van der Waals surface area contributed by atoms with Crippen molar-refractivity contribution in [1.82, 2.24) is 4.90 Å². The van der Waals surface area contributed by atoms with E-state index in [1.807, 2.05) is 15.9 Å². The van der Waals surface area contributed by atoms with E-state index in [1.165, 1.54) is 18.4 Å². The lowest BCUT2D eigenvalue weighted by Crippen LogP contribution is -2.48. The van der Waals surface area contributed by atoms with Gasteiger partial charge in [-0.25, -0.2) is 0 Å². The number of likely N-dealkylation sites (tertiary alicyclic amines) is 1. The molecule has 2 heterocycles. The van der Waals surface area contributed by atoms with E-state index in [0.717, 1.165) is 25.1 Å². The molecule has 1 saturated carbocycles. The van der Waals surface area contributed by atoms with Crippen molar-refractivity contribution in [3.63, 3.8) is 0 Å². The van der Waals surface area contributed by atoms with Gasteiger partial charge in [0.05, 0.1) is 0 Å². The fraction of sp³-hybridized carbons (Fsp3) is 0.619. The number of hydrogen-bond acceptors (Lipinski definition) is 2. The summed E-state index contributed by atoms with van der Waals surface area (Å²) in [5.74, 6) is 0.243. The van der Waals surface area contributed by atoms with Crippen molar-refractivity contribution < 1.29 is 9.59 Å². The standard InChI is InChI=1S/C21H28N2O2/c1-20(2,3)13-18(24)22-12-6-9-17(22)19(25)23-14-21(10-11-21)15-7-4-5-8-16(15)23/h4-5,7-8,17H,6,9-14H2,1-3H3. The molecule has 2 fully saturated rings. The van der Waals surface area contributed by atoms with Crippen molar-refractivity contribution in [3.8, 4) is 0 Å². The molecule has 134 valence electrons. The van der Waals surface area contributed by atoms with E-state index in [2.05, 4.69) is 39.0 Å². The minimum atomic E-state index is -0.281. The Labute approximate surface area is 150 Å². The van der Waals surface area contributed by atoms with E-state index in [1.54, 1.807) is 0 Å². The summed E-state index contributed by atoms with van der Waals surface area (Å²) in [7, 11) is 0. The van der Waals surface area contributed by atoms with Gasteiger partial charge in [0.15, 0.2) is 0 Å². The number of rotatable bonds is 2. The lowest BCUT2D eigenvalue weighted by molar-refractivity contribution is -0.138. The van der Waals surface area contributed by atoms with Gasteiger partial charge < -0.3 is 9.80 Å². The Balaban J connectivity index is 1.56. The Bertz CT molecular complexity index is 715. The van der Waals surface area contributed by atoms with Crippen LogP contribution in [0.1, 0.15) is 58.4 Å². The Morgan fingerprint density at radius 1 is 1.20 bits per heavy atom. The molecule has 2 amide bonds. The molecule has 3 aliphatic rings. The molecule has 1 atom stereocenters. The largest absolute Gasteiger partial charge is 0.331 e. The summed E-state index contributed by atoms with van der Waals surface area (Å²) in [6, 6.07) is 8.04. The number of benzene rings is 1. The fourth-order valence-electron chi connectivity index (χ4n) is 4.46. The number of fused-ring (bicyclic) bond motifs is 2. The number of hydrogen-bond donors (Lipinski definition) is 0. The summed E-state index contributed by atoms with van der Waals surface area (Å²) in [6.07, 6.45) is 4.56. The molecule has 0 radical (unpaired) electrons. The normalized spacial score (nSPS) is 23.9. The number of carbonyl (C=O) groups is 2. The van der Waals surface area contributed by atoms with Crippen molar-refractivity contribution in [2.75, 3.05) is 18.0 Å². The molecule has 1 saturated heterocycles. The molecular formula is C21H28N2O2. The van der Waals surface area contributed by atoms with Crippen LogP contribution in [0.5, 0.6) is 0 Å². The molecule has 0 aromatic heterocycles. The average Bonchev–Trinajstić information content (AvgIpc) is 3.03. The van der Waals surface area contributed by atoms with Crippen LogP contribution >= 0.6 is 0 Å². The van der Waals surface area contributed by atoms with Gasteiger partial charge in [0.1, 0.15) is 6.04 Å². The van der Waals surface area contributed by atoms with E-state index in [9.17, 15) is 9.59 Å². The number of para-hydroxylation sites is 1. The summed E-state index contributed by atoms with van der Waals surface area (Å²) < 4.78 is 0. The number of amides is 2. The van der Waals surface area contributed by atoms with E-state index in [0.29, 0.717) is 13.0 Å². The van der Waals surface area contributed by atoms with Crippen LogP contribution in [0.25, 0.3) is 0 Å². The maximum absolute atomic E-state index is 13.3. The van der Waals surface area contributed by atoms with Crippen LogP contribution < -0.4 is 4.90 Å². The minimum absolute atomic E-state index is 0.0500. The summed E-state index contributed by atoms with van der Waals surface area (Å²) in [5.41, 5.74) is 2.55. The molecule has 2 aliphatic heterocycles. The summed E-state index contributed by atoms with van der Waals surface area (Å²) in [4.78, 5) is 29.9. The smallest absolute Gasteiger partial charge is 0.249 e. The molecule has 1 aliphatic carbocycles. The zero-order valence-corrected chi connectivity index (χ0v) is 15.5. The first-order valence-electron chi connectivity index (χ1n) is 9.51. The van der Waals surface area contributed by atoms with Crippen LogP contribution in [0.2, 0.25) is 0 Å². The first-order chi connectivity index (χ1) is 11.8. The lowest BCUT2D eigenvalue weighted by Gasteiger charge is -2.30. The highest BCUT2D eigenvalue weighted by Crippen LogP contribution is 2.56. The molecule has 1 aromatic carbocycles. The molecule has 4 rings (SSSR count). The average molecular weight is 340 g/mol. The topological polar surface area (TPSA) is 40.6 Å². The van der Waals surface area contributed by atoms with Gasteiger partial charge >= 0.3 is 0 Å². The van der Waals surface area contributed by atoms with Crippen molar-refractivity contribution >= 4 is 17.5 Å². The van der Waals surface area contributed by atoms with Crippen molar-refractivity contribution in [2.24, 2.45) is 5.41 Å². The molecule has 25 heavy (non-hydrogen) atoms. The van der Waals surface area contributed by atoms with Gasteiger partial charge in [0.2, 0.25) is 11.8 Å². The minimum Gasteiger partial charge on any atom is -0.331 e. The highest BCUT2D eigenvalue weighted by molar-refractivity contribution is 6.02. The second-order valence-electron chi connectivity index (χ2n) is 9.20. The highest BCUT2D eigenvalue weighted by Gasteiger charge is 2.54. The third-order valence-electron chi connectivity index (χ3n) is 5.89. The van der Waals surface area contributed by atoms with Gasteiger partial charge in [-0.05, 0) is 42.7 Å². The lowest BCUT2D eigenvalue weighted by atomic mass is 9.91. The van der Waals surface area contributed by atoms with Gasteiger partial charge in [0, 0.05) is 30.6 Å². The van der Waals surface area contributed by atoms with Crippen molar-refractivity contribution in [2.45, 2.75) is 64.3 Å². The quantitative estimate of drug-likeness (QED) is 0.827.